The Hall–Kier alpha value is -2.17. The van der Waals surface area contributed by atoms with Crippen molar-refractivity contribution in [1.82, 2.24) is 14.8 Å². The van der Waals surface area contributed by atoms with Gasteiger partial charge < -0.3 is 4.90 Å². The van der Waals surface area contributed by atoms with Gasteiger partial charge in [0.25, 0.3) is 0 Å². The lowest BCUT2D eigenvalue weighted by Crippen LogP contribution is -2.20. The quantitative estimate of drug-likeness (QED) is 0.742. The molecule has 1 aromatic heterocycles. The molecule has 5 nitrogen and oxygen atoms in total. The number of aromatic nitrogens is 3. The molecule has 0 fully saturated rings. The zero-order chi connectivity index (χ0) is 12.3. The van der Waals surface area contributed by atoms with Crippen molar-refractivity contribution in [3.8, 4) is 0 Å². The molecule has 2 rings (SSSR count). The summed E-state index contributed by atoms with van der Waals surface area (Å²) in [5, 5.41) is 4.02. The van der Waals surface area contributed by atoms with Crippen LogP contribution in [0.15, 0.2) is 30.6 Å². The van der Waals surface area contributed by atoms with Crippen LogP contribution in [0.1, 0.15) is 16.2 Å². The second-order valence-corrected chi connectivity index (χ2v) is 3.83. The molecule has 5 heteroatoms. The molecule has 2 aromatic rings. The molecule has 0 bridgehead atoms. The molecule has 0 radical (unpaired) electrons. The molecule has 0 aliphatic rings. The van der Waals surface area contributed by atoms with E-state index in [-0.39, 0.29) is 0 Å². The average Bonchev–Trinajstić information content (AvgIpc) is 2.75. The van der Waals surface area contributed by atoms with Crippen molar-refractivity contribution in [3.05, 3.63) is 42.0 Å². The lowest BCUT2D eigenvalue weighted by molar-refractivity contribution is 0.112. The summed E-state index contributed by atoms with van der Waals surface area (Å²) < 4.78 is 1.72. The Morgan fingerprint density at radius 2 is 2.18 bits per heavy atom. The number of rotatable bonds is 4. The minimum Gasteiger partial charge on any atom is -0.366 e. The average molecular weight is 230 g/mol. The standard InChI is InChI=1S/C12H14N4O/c1-15(7-12-13-9-14-16(12)2)11-6-4-3-5-10(11)8-17/h3-6,8-9H,7H2,1-2H3. The Morgan fingerprint density at radius 1 is 1.41 bits per heavy atom. The van der Waals surface area contributed by atoms with Gasteiger partial charge in [-0.05, 0) is 12.1 Å². The summed E-state index contributed by atoms with van der Waals surface area (Å²) in [6, 6.07) is 7.48. The Balaban J connectivity index is 2.23. The van der Waals surface area contributed by atoms with Gasteiger partial charge in [-0.3, -0.25) is 9.48 Å². The number of carbonyl (C=O) groups excluding carboxylic acids is 1. The maximum absolute atomic E-state index is 10.9. The molecule has 17 heavy (non-hydrogen) atoms. The van der Waals surface area contributed by atoms with Gasteiger partial charge >= 0.3 is 0 Å². The first-order valence-electron chi connectivity index (χ1n) is 5.30. The van der Waals surface area contributed by atoms with E-state index in [0.29, 0.717) is 12.1 Å². The smallest absolute Gasteiger partial charge is 0.152 e. The number of anilines is 1. The molecule has 0 spiro atoms. The third-order valence-electron chi connectivity index (χ3n) is 2.66. The van der Waals surface area contributed by atoms with Gasteiger partial charge in [-0.2, -0.15) is 5.10 Å². The SMILES string of the molecule is CN(Cc1ncnn1C)c1ccccc1C=O. The van der Waals surface area contributed by atoms with Crippen molar-refractivity contribution in [3.63, 3.8) is 0 Å². The van der Waals surface area contributed by atoms with E-state index < -0.39 is 0 Å². The number of carbonyl (C=O) groups is 1. The first-order valence-corrected chi connectivity index (χ1v) is 5.30. The maximum atomic E-state index is 10.9. The van der Waals surface area contributed by atoms with E-state index in [2.05, 4.69) is 10.1 Å². The van der Waals surface area contributed by atoms with Gasteiger partial charge in [0.2, 0.25) is 0 Å². The molecule has 0 unspecified atom stereocenters. The van der Waals surface area contributed by atoms with Crippen molar-refractivity contribution in [2.24, 2.45) is 7.05 Å². The lowest BCUT2D eigenvalue weighted by Gasteiger charge is -2.20. The Labute approximate surface area is 99.7 Å². The summed E-state index contributed by atoms with van der Waals surface area (Å²) >= 11 is 0. The maximum Gasteiger partial charge on any atom is 0.152 e. The summed E-state index contributed by atoms with van der Waals surface area (Å²) in [5.74, 6) is 0.855. The van der Waals surface area contributed by atoms with Crippen molar-refractivity contribution >= 4 is 12.0 Å². The van der Waals surface area contributed by atoms with E-state index in [0.717, 1.165) is 17.8 Å². The van der Waals surface area contributed by atoms with Gasteiger partial charge in [-0.15, -0.1) is 0 Å². The van der Waals surface area contributed by atoms with Crippen molar-refractivity contribution < 1.29 is 4.79 Å². The van der Waals surface area contributed by atoms with Crippen LogP contribution in [0.4, 0.5) is 5.69 Å². The first-order chi connectivity index (χ1) is 8.22. The zero-order valence-electron chi connectivity index (χ0n) is 9.87. The molecule has 0 amide bonds. The second-order valence-electron chi connectivity index (χ2n) is 3.83. The van der Waals surface area contributed by atoms with Crippen LogP contribution in [-0.4, -0.2) is 28.1 Å². The van der Waals surface area contributed by atoms with Crippen LogP contribution in [0.2, 0.25) is 0 Å². The van der Waals surface area contributed by atoms with Crippen molar-refractivity contribution in [1.29, 1.82) is 0 Å². The number of para-hydroxylation sites is 1. The van der Waals surface area contributed by atoms with Gasteiger partial charge in [-0.1, -0.05) is 12.1 Å². The fraction of sp³-hybridized carbons (Fsp3) is 0.250. The van der Waals surface area contributed by atoms with E-state index in [1.54, 1.807) is 10.7 Å². The second kappa shape index (κ2) is 4.78. The zero-order valence-corrected chi connectivity index (χ0v) is 9.87. The summed E-state index contributed by atoms with van der Waals surface area (Å²) in [5.41, 5.74) is 1.57. The molecular weight excluding hydrogens is 216 g/mol. The highest BCUT2D eigenvalue weighted by atomic mass is 16.1. The lowest BCUT2D eigenvalue weighted by atomic mass is 10.2. The van der Waals surface area contributed by atoms with Gasteiger partial charge in [0.05, 0.1) is 6.54 Å². The fourth-order valence-electron chi connectivity index (χ4n) is 1.70. The Kier molecular flexibility index (Phi) is 3.18. The monoisotopic (exact) mass is 230 g/mol. The Morgan fingerprint density at radius 3 is 2.82 bits per heavy atom. The third kappa shape index (κ3) is 2.33. The van der Waals surface area contributed by atoms with E-state index in [4.69, 9.17) is 0 Å². The van der Waals surface area contributed by atoms with Gasteiger partial charge in [0.1, 0.15) is 12.2 Å². The molecule has 0 saturated carbocycles. The molecule has 0 aliphatic carbocycles. The highest BCUT2D eigenvalue weighted by molar-refractivity contribution is 5.84. The van der Waals surface area contributed by atoms with Crippen LogP contribution in [0.25, 0.3) is 0 Å². The van der Waals surface area contributed by atoms with Gasteiger partial charge in [0.15, 0.2) is 6.29 Å². The topological polar surface area (TPSA) is 51.0 Å². The molecule has 1 aromatic carbocycles. The van der Waals surface area contributed by atoms with Crippen molar-refractivity contribution in [2.45, 2.75) is 6.54 Å². The molecule has 1 heterocycles. The number of aryl methyl sites for hydroxylation is 1. The molecule has 88 valence electrons. The summed E-state index contributed by atoms with van der Waals surface area (Å²) in [6.07, 6.45) is 2.39. The third-order valence-corrected chi connectivity index (χ3v) is 2.66. The van der Waals surface area contributed by atoms with Crippen LogP contribution < -0.4 is 4.90 Å². The van der Waals surface area contributed by atoms with Crippen LogP contribution >= 0.6 is 0 Å². The highest BCUT2D eigenvalue weighted by Crippen LogP contribution is 2.18. The number of aldehydes is 1. The molecular formula is C12H14N4O. The number of hydrogen-bond donors (Lipinski definition) is 0. The highest BCUT2D eigenvalue weighted by Gasteiger charge is 2.09. The fourth-order valence-corrected chi connectivity index (χ4v) is 1.70. The summed E-state index contributed by atoms with van der Waals surface area (Å²) in [7, 11) is 3.78. The van der Waals surface area contributed by atoms with Crippen LogP contribution in [0.3, 0.4) is 0 Å². The predicted molar refractivity (Wildman–Crippen MR) is 64.9 cm³/mol. The molecule has 0 atom stereocenters. The summed E-state index contributed by atoms with van der Waals surface area (Å²) in [6.45, 7) is 0.612. The Bertz CT molecular complexity index is 521. The largest absolute Gasteiger partial charge is 0.366 e. The van der Waals surface area contributed by atoms with E-state index in [9.17, 15) is 4.79 Å². The normalized spacial score (nSPS) is 10.2. The first kappa shape index (κ1) is 11.3. The molecule has 0 aliphatic heterocycles. The molecule has 0 saturated heterocycles. The van der Waals surface area contributed by atoms with E-state index in [1.165, 1.54) is 6.33 Å². The van der Waals surface area contributed by atoms with E-state index in [1.807, 2.05) is 37.2 Å². The number of nitrogens with zero attached hydrogens (tertiary/aromatic N) is 4. The van der Waals surface area contributed by atoms with Crippen LogP contribution in [0.5, 0.6) is 0 Å². The van der Waals surface area contributed by atoms with Crippen LogP contribution in [0, 0.1) is 0 Å². The molecule has 0 N–H and O–H groups in total. The number of hydrogen-bond acceptors (Lipinski definition) is 4. The summed E-state index contributed by atoms with van der Waals surface area (Å²) in [4.78, 5) is 17.1. The number of benzene rings is 1. The van der Waals surface area contributed by atoms with E-state index >= 15 is 0 Å². The minimum absolute atomic E-state index is 0.612. The van der Waals surface area contributed by atoms with Crippen molar-refractivity contribution in [2.75, 3.05) is 11.9 Å². The van der Waals surface area contributed by atoms with Gasteiger partial charge in [-0.25, -0.2) is 4.98 Å². The van der Waals surface area contributed by atoms with Gasteiger partial charge in [0, 0.05) is 25.3 Å². The van der Waals surface area contributed by atoms with Crippen LogP contribution in [-0.2, 0) is 13.6 Å². The predicted octanol–water partition coefficient (Wildman–Crippen LogP) is 1.26. The minimum atomic E-state index is 0.612.